The first-order chi connectivity index (χ1) is 12.2. The molecule has 0 bridgehead atoms. The van der Waals surface area contributed by atoms with Crippen LogP contribution in [-0.4, -0.2) is 46.9 Å². The van der Waals surface area contributed by atoms with E-state index in [1.54, 1.807) is 11.0 Å². The molecular formula is C20H32N4O. The zero-order valence-corrected chi connectivity index (χ0v) is 16.3. The van der Waals surface area contributed by atoms with Crippen LogP contribution in [0.5, 0.6) is 0 Å². The van der Waals surface area contributed by atoms with Crippen molar-refractivity contribution in [2.75, 3.05) is 26.2 Å². The number of amides is 1. The van der Waals surface area contributed by atoms with E-state index in [-0.39, 0.29) is 11.8 Å². The highest BCUT2D eigenvalue weighted by Crippen LogP contribution is 2.19. The van der Waals surface area contributed by atoms with Gasteiger partial charge in [-0.3, -0.25) is 9.69 Å². The number of likely N-dealkylation sites (tertiary alicyclic amines) is 2. The van der Waals surface area contributed by atoms with Crippen molar-refractivity contribution in [2.45, 2.75) is 47.6 Å². The van der Waals surface area contributed by atoms with E-state index in [9.17, 15) is 4.79 Å². The second-order valence-electron chi connectivity index (χ2n) is 6.18. The van der Waals surface area contributed by atoms with Gasteiger partial charge in [0.05, 0.1) is 17.7 Å². The van der Waals surface area contributed by atoms with Crippen LogP contribution in [0.3, 0.4) is 0 Å². The number of rotatable bonds is 3. The molecule has 2 aliphatic heterocycles. The maximum Gasteiger partial charge on any atom is 0.272 e. The molecule has 0 aliphatic carbocycles. The lowest BCUT2D eigenvalue weighted by atomic mass is 10.0. The van der Waals surface area contributed by atoms with Gasteiger partial charge in [-0.15, -0.1) is 0 Å². The molecule has 1 unspecified atom stereocenters. The second kappa shape index (κ2) is 10.8. The van der Waals surface area contributed by atoms with Gasteiger partial charge < -0.3 is 4.90 Å². The van der Waals surface area contributed by atoms with Gasteiger partial charge in [-0.2, -0.15) is 5.26 Å². The molecule has 0 saturated carbocycles. The summed E-state index contributed by atoms with van der Waals surface area (Å²) < 4.78 is 0. The van der Waals surface area contributed by atoms with Crippen LogP contribution < -0.4 is 0 Å². The van der Waals surface area contributed by atoms with Crippen LogP contribution in [0.15, 0.2) is 18.2 Å². The molecule has 3 heterocycles. The molecule has 0 spiro atoms. The average Bonchev–Trinajstić information content (AvgIpc) is 3.13. The van der Waals surface area contributed by atoms with E-state index in [1.807, 2.05) is 39.8 Å². The zero-order chi connectivity index (χ0) is 18.8. The summed E-state index contributed by atoms with van der Waals surface area (Å²) in [6.07, 6.45) is 0.771. The Morgan fingerprint density at radius 2 is 1.92 bits per heavy atom. The maximum atomic E-state index is 12.4. The third-order valence-electron chi connectivity index (χ3n) is 4.21. The van der Waals surface area contributed by atoms with Gasteiger partial charge in [-0.05, 0) is 24.5 Å². The van der Waals surface area contributed by atoms with E-state index < -0.39 is 0 Å². The van der Waals surface area contributed by atoms with Crippen LogP contribution in [0.25, 0.3) is 0 Å². The van der Waals surface area contributed by atoms with Crippen molar-refractivity contribution in [3.05, 3.63) is 29.6 Å². The van der Waals surface area contributed by atoms with Crippen molar-refractivity contribution in [1.82, 2.24) is 14.8 Å². The van der Waals surface area contributed by atoms with Crippen LogP contribution in [0, 0.1) is 23.2 Å². The number of carbonyl (C=O) groups is 1. The lowest BCUT2D eigenvalue weighted by Crippen LogP contribution is -2.44. The number of pyridine rings is 1. The molecule has 2 saturated heterocycles. The second-order valence-corrected chi connectivity index (χ2v) is 6.18. The smallest absolute Gasteiger partial charge is 0.272 e. The number of nitriles is 1. The predicted molar refractivity (Wildman–Crippen MR) is 101 cm³/mol. The van der Waals surface area contributed by atoms with Crippen LogP contribution in [0.4, 0.5) is 0 Å². The van der Waals surface area contributed by atoms with Crippen LogP contribution in [0.2, 0.25) is 0 Å². The first-order valence-corrected chi connectivity index (χ1v) is 9.53. The zero-order valence-electron chi connectivity index (χ0n) is 16.3. The van der Waals surface area contributed by atoms with Gasteiger partial charge in [0.25, 0.3) is 5.91 Å². The van der Waals surface area contributed by atoms with E-state index in [4.69, 9.17) is 5.26 Å². The van der Waals surface area contributed by atoms with Gasteiger partial charge >= 0.3 is 0 Å². The summed E-state index contributed by atoms with van der Waals surface area (Å²) in [6.45, 7) is 14.5. The molecular weight excluding hydrogens is 312 g/mol. The van der Waals surface area contributed by atoms with E-state index in [1.165, 1.54) is 0 Å². The SMILES string of the molecule is CC.CC.CC1CN(Cc2cccc(C(=O)N3CCC(C#N)C3)n2)C1. The van der Waals surface area contributed by atoms with Crippen molar-refractivity contribution in [1.29, 1.82) is 5.26 Å². The Bertz CT molecular complexity index is 575. The molecule has 138 valence electrons. The van der Waals surface area contributed by atoms with E-state index in [2.05, 4.69) is 22.9 Å². The number of aromatic nitrogens is 1. The maximum absolute atomic E-state index is 12.4. The Morgan fingerprint density at radius 1 is 1.24 bits per heavy atom. The number of hydrogen-bond donors (Lipinski definition) is 0. The summed E-state index contributed by atoms with van der Waals surface area (Å²) in [6, 6.07) is 7.88. The molecule has 5 nitrogen and oxygen atoms in total. The molecule has 1 aromatic rings. The molecule has 2 fully saturated rings. The third kappa shape index (κ3) is 5.82. The lowest BCUT2D eigenvalue weighted by molar-refractivity contribution is 0.0781. The fraction of sp³-hybridized carbons (Fsp3) is 0.650. The molecule has 0 N–H and O–H groups in total. The molecule has 5 heteroatoms. The van der Waals surface area contributed by atoms with Gasteiger partial charge in [0.2, 0.25) is 0 Å². The third-order valence-corrected chi connectivity index (χ3v) is 4.21. The van der Waals surface area contributed by atoms with Crippen LogP contribution in [0.1, 0.15) is 57.2 Å². The Balaban J connectivity index is 0.000000730. The van der Waals surface area contributed by atoms with Gasteiger partial charge in [-0.1, -0.05) is 40.7 Å². The molecule has 0 radical (unpaired) electrons. The quantitative estimate of drug-likeness (QED) is 0.841. The van der Waals surface area contributed by atoms with Crippen molar-refractivity contribution >= 4 is 5.91 Å². The minimum atomic E-state index is -0.0495. The van der Waals surface area contributed by atoms with Gasteiger partial charge in [0, 0.05) is 32.7 Å². The number of hydrogen-bond acceptors (Lipinski definition) is 4. The average molecular weight is 345 g/mol. The highest BCUT2D eigenvalue weighted by Gasteiger charge is 2.28. The van der Waals surface area contributed by atoms with Crippen molar-refractivity contribution in [3.63, 3.8) is 0 Å². The molecule has 0 aromatic carbocycles. The molecule has 1 aromatic heterocycles. The standard InChI is InChI=1S/C16H20N4O.2C2H6/c1-12-8-19(9-12)11-14-3-2-4-15(18-14)16(21)20-6-5-13(7-17)10-20;2*1-2/h2-4,12-13H,5-6,8-11H2,1H3;2*1-2H3. The Morgan fingerprint density at radius 3 is 2.48 bits per heavy atom. The summed E-state index contributed by atoms with van der Waals surface area (Å²) in [7, 11) is 0. The van der Waals surface area contributed by atoms with Crippen molar-refractivity contribution in [3.8, 4) is 6.07 Å². The Hall–Kier alpha value is -1.93. The fourth-order valence-corrected chi connectivity index (χ4v) is 3.09. The van der Waals surface area contributed by atoms with E-state index in [0.717, 1.165) is 37.7 Å². The molecule has 1 atom stereocenters. The summed E-state index contributed by atoms with van der Waals surface area (Å²) in [5.74, 6) is 0.689. The van der Waals surface area contributed by atoms with Crippen LogP contribution in [-0.2, 0) is 6.54 Å². The normalized spacial score (nSPS) is 19.7. The number of carbonyl (C=O) groups excluding carboxylic acids is 1. The van der Waals surface area contributed by atoms with E-state index >= 15 is 0 Å². The molecule has 2 aliphatic rings. The predicted octanol–water partition coefficient (Wildman–Crippen LogP) is 3.57. The lowest BCUT2D eigenvalue weighted by Gasteiger charge is -2.36. The minimum absolute atomic E-state index is 0.0280. The van der Waals surface area contributed by atoms with Gasteiger partial charge in [0.1, 0.15) is 5.69 Å². The summed E-state index contributed by atoms with van der Waals surface area (Å²) in [5, 5.41) is 8.93. The first-order valence-electron chi connectivity index (χ1n) is 9.53. The van der Waals surface area contributed by atoms with E-state index in [0.29, 0.717) is 18.8 Å². The summed E-state index contributed by atoms with van der Waals surface area (Å²) in [4.78, 5) is 21.0. The molecule has 1 amide bonds. The first kappa shape index (κ1) is 21.1. The van der Waals surface area contributed by atoms with Gasteiger partial charge in [-0.25, -0.2) is 4.98 Å². The monoisotopic (exact) mass is 344 g/mol. The summed E-state index contributed by atoms with van der Waals surface area (Å²) in [5.41, 5.74) is 1.45. The Kier molecular flexibility index (Phi) is 9.15. The van der Waals surface area contributed by atoms with Crippen molar-refractivity contribution in [2.24, 2.45) is 11.8 Å². The topological polar surface area (TPSA) is 60.2 Å². The van der Waals surface area contributed by atoms with Gasteiger partial charge in [0.15, 0.2) is 0 Å². The molecule has 3 rings (SSSR count). The van der Waals surface area contributed by atoms with Crippen LogP contribution >= 0.6 is 0 Å². The highest BCUT2D eigenvalue weighted by atomic mass is 16.2. The Labute approximate surface area is 152 Å². The van der Waals surface area contributed by atoms with Crippen molar-refractivity contribution < 1.29 is 4.79 Å². The molecule has 25 heavy (non-hydrogen) atoms. The number of nitrogens with zero attached hydrogens (tertiary/aromatic N) is 4. The largest absolute Gasteiger partial charge is 0.336 e. The minimum Gasteiger partial charge on any atom is -0.336 e. The fourth-order valence-electron chi connectivity index (χ4n) is 3.09. The highest BCUT2D eigenvalue weighted by molar-refractivity contribution is 5.92. The summed E-state index contributed by atoms with van der Waals surface area (Å²) >= 11 is 0.